The first-order valence-electron chi connectivity index (χ1n) is 11.6. The van der Waals surface area contributed by atoms with E-state index in [0.29, 0.717) is 12.8 Å². The Morgan fingerprint density at radius 1 is 0.865 bits per heavy atom. The Bertz CT molecular complexity index is 861. The van der Waals surface area contributed by atoms with Gasteiger partial charge in [0.1, 0.15) is 18.1 Å². The summed E-state index contributed by atoms with van der Waals surface area (Å²) in [6.45, 7) is 3.53. The van der Waals surface area contributed by atoms with Gasteiger partial charge in [0.25, 0.3) is 0 Å². The van der Waals surface area contributed by atoms with Gasteiger partial charge in [-0.3, -0.25) is 29.0 Å². The highest BCUT2D eigenvalue weighted by Gasteiger charge is 2.32. The Morgan fingerprint density at radius 3 is 1.92 bits per heavy atom. The number of nitrogens with two attached hydrogens (primary N) is 4. The summed E-state index contributed by atoms with van der Waals surface area (Å²) in [5, 5.41) is 25.3. The van der Waals surface area contributed by atoms with Crippen LogP contribution in [0, 0.1) is 5.92 Å². The summed E-state index contributed by atoms with van der Waals surface area (Å²) >= 11 is 0. The molecule has 0 aromatic carbocycles. The summed E-state index contributed by atoms with van der Waals surface area (Å²) in [4.78, 5) is 76.0. The van der Waals surface area contributed by atoms with E-state index in [-0.39, 0.29) is 25.3 Å². The predicted molar refractivity (Wildman–Crippen MR) is 131 cm³/mol. The second kappa shape index (κ2) is 16.7. The standard InChI is InChI=1S/C21H38N8O8/c1-3-10(2)16(20(36)37)29-19(35)13(9-14(23)30)28-18(34)12(6-7-15(31)32)27-17(33)11(22)5-4-8-26-21(24)25/h10-13,16H,3-9,22H2,1-2H3,(H2,23,30)(H,27,33)(H,28,34)(H,29,35)(H,31,32)(H,36,37)(H4,24,25,26). The molecule has 16 heteroatoms. The van der Waals surface area contributed by atoms with Crippen LogP contribution < -0.4 is 38.9 Å². The third-order valence-corrected chi connectivity index (χ3v) is 5.40. The number of nitrogens with zero attached hydrogens (tertiary/aromatic N) is 1. The number of hydrogen-bond donors (Lipinski definition) is 9. The fraction of sp³-hybridized carbons (Fsp3) is 0.667. The smallest absolute Gasteiger partial charge is 0.326 e. The van der Waals surface area contributed by atoms with Crippen LogP contribution >= 0.6 is 0 Å². The van der Waals surface area contributed by atoms with Gasteiger partial charge in [-0.25, -0.2) is 4.79 Å². The molecule has 0 spiro atoms. The van der Waals surface area contributed by atoms with Gasteiger partial charge in [-0.2, -0.15) is 0 Å². The van der Waals surface area contributed by atoms with E-state index in [1.165, 1.54) is 0 Å². The van der Waals surface area contributed by atoms with Crippen LogP contribution in [0.5, 0.6) is 0 Å². The van der Waals surface area contributed by atoms with Crippen LogP contribution in [0.3, 0.4) is 0 Å². The van der Waals surface area contributed by atoms with Gasteiger partial charge in [-0.1, -0.05) is 20.3 Å². The largest absolute Gasteiger partial charge is 0.481 e. The van der Waals surface area contributed by atoms with Crippen LogP contribution in [-0.4, -0.2) is 82.5 Å². The molecule has 0 aliphatic carbocycles. The maximum atomic E-state index is 12.9. The van der Waals surface area contributed by atoms with Crippen molar-refractivity contribution in [2.75, 3.05) is 6.54 Å². The first-order valence-corrected chi connectivity index (χ1v) is 11.6. The molecule has 5 atom stereocenters. The van der Waals surface area contributed by atoms with Crippen LogP contribution in [0.15, 0.2) is 4.99 Å². The van der Waals surface area contributed by atoms with E-state index in [4.69, 9.17) is 28.0 Å². The molecule has 4 amide bonds. The lowest BCUT2D eigenvalue weighted by Gasteiger charge is -2.26. The number of carbonyl (C=O) groups excluding carboxylic acids is 4. The maximum Gasteiger partial charge on any atom is 0.326 e. The normalized spacial score (nSPS) is 14.7. The Balaban J connectivity index is 5.54. The van der Waals surface area contributed by atoms with E-state index in [1.807, 2.05) is 0 Å². The van der Waals surface area contributed by atoms with E-state index in [0.717, 1.165) is 0 Å². The summed E-state index contributed by atoms with van der Waals surface area (Å²) in [5.41, 5.74) is 21.4. The lowest BCUT2D eigenvalue weighted by Crippen LogP contribution is -2.58. The lowest BCUT2D eigenvalue weighted by molar-refractivity contribution is -0.144. The van der Waals surface area contributed by atoms with Crippen molar-refractivity contribution >= 4 is 41.5 Å². The maximum absolute atomic E-state index is 12.9. The third-order valence-electron chi connectivity index (χ3n) is 5.40. The zero-order valence-corrected chi connectivity index (χ0v) is 20.9. The molecule has 0 aliphatic rings. The van der Waals surface area contributed by atoms with Crippen LogP contribution in [0.2, 0.25) is 0 Å². The number of primary amides is 1. The number of rotatable bonds is 18. The molecule has 0 heterocycles. The zero-order valence-electron chi connectivity index (χ0n) is 20.9. The number of hydrogen-bond acceptors (Lipinski definition) is 8. The molecule has 0 aliphatic heterocycles. The van der Waals surface area contributed by atoms with E-state index >= 15 is 0 Å². The van der Waals surface area contributed by atoms with Crippen LogP contribution in [0.25, 0.3) is 0 Å². The zero-order chi connectivity index (χ0) is 28.7. The molecule has 0 saturated heterocycles. The van der Waals surface area contributed by atoms with Crippen molar-refractivity contribution in [3.05, 3.63) is 0 Å². The highest BCUT2D eigenvalue weighted by molar-refractivity contribution is 5.96. The van der Waals surface area contributed by atoms with Gasteiger partial charge in [0.05, 0.1) is 12.5 Å². The van der Waals surface area contributed by atoms with Gasteiger partial charge in [0.2, 0.25) is 23.6 Å². The minimum atomic E-state index is -1.58. The van der Waals surface area contributed by atoms with Gasteiger partial charge < -0.3 is 49.1 Å². The second-order valence-electron chi connectivity index (χ2n) is 8.49. The average molecular weight is 531 g/mol. The molecule has 13 N–H and O–H groups in total. The number of aliphatic imine (C=N–C) groups is 1. The molecule has 0 bridgehead atoms. The van der Waals surface area contributed by atoms with Crippen LogP contribution in [0.1, 0.15) is 52.4 Å². The lowest BCUT2D eigenvalue weighted by atomic mass is 9.98. The minimum absolute atomic E-state index is 0.128. The summed E-state index contributed by atoms with van der Waals surface area (Å²) in [5.74, 6) is -6.87. The van der Waals surface area contributed by atoms with Crippen LogP contribution in [0.4, 0.5) is 0 Å². The van der Waals surface area contributed by atoms with Crippen molar-refractivity contribution in [3.63, 3.8) is 0 Å². The molecular formula is C21H38N8O8. The van der Waals surface area contributed by atoms with Crippen molar-refractivity contribution in [1.82, 2.24) is 16.0 Å². The van der Waals surface area contributed by atoms with Crippen molar-refractivity contribution in [2.45, 2.75) is 76.5 Å². The fourth-order valence-electron chi connectivity index (χ4n) is 3.09. The number of carboxylic acids is 2. The average Bonchev–Trinajstić information content (AvgIpc) is 2.80. The summed E-state index contributed by atoms with van der Waals surface area (Å²) in [6, 6.07) is -5.39. The summed E-state index contributed by atoms with van der Waals surface area (Å²) in [7, 11) is 0. The van der Waals surface area contributed by atoms with Crippen molar-refractivity contribution in [1.29, 1.82) is 0 Å². The van der Waals surface area contributed by atoms with E-state index in [2.05, 4.69) is 20.9 Å². The van der Waals surface area contributed by atoms with E-state index < -0.39 is 78.5 Å². The van der Waals surface area contributed by atoms with Gasteiger partial charge in [-0.05, 0) is 25.2 Å². The molecule has 0 saturated carbocycles. The topological polar surface area (TPSA) is 295 Å². The molecular weight excluding hydrogens is 492 g/mol. The number of amides is 4. The molecule has 0 fully saturated rings. The number of nitrogens with one attached hydrogen (secondary N) is 3. The Labute approximate surface area is 214 Å². The van der Waals surface area contributed by atoms with Gasteiger partial charge >= 0.3 is 11.9 Å². The molecule has 5 unspecified atom stereocenters. The molecule has 0 rings (SSSR count). The number of carbonyl (C=O) groups is 6. The highest BCUT2D eigenvalue weighted by Crippen LogP contribution is 2.09. The highest BCUT2D eigenvalue weighted by atomic mass is 16.4. The molecule has 210 valence electrons. The summed E-state index contributed by atoms with van der Waals surface area (Å²) in [6.07, 6.45) is -0.633. The van der Waals surface area contributed by atoms with E-state index in [1.54, 1.807) is 13.8 Å². The quantitative estimate of drug-likeness (QED) is 0.0480. The molecule has 0 aromatic heterocycles. The fourth-order valence-corrected chi connectivity index (χ4v) is 3.09. The van der Waals surface area contributed by atoms with Crippen molar-refractivity contribution in [2.24, 2.45) is 33.8 Å². The molecule has 37 heavy (non-hydrogen) atoms. The minimum Gasteiger partial charge on any atom is -0.481 e. The number of guanidine groups is 1. The first kappa shape index (κ1) is 33.0. The predicted octanol–water partition coefficient (Wildman–Crippen LogP) is -3.31. The monoisotopic (exact) mass is 530 g/mol. The van der Waals surface area contributed by atoms with Gasteiger partial charge in [0.15, 0.2) is 5.96 Å². The second-order valence-corrected chi connectivity index (χ2v) is 8.49. The van der Waals surface area contributed by atoms with Crippen LogP contribution in [-0.2, 0) is 28.8 Å². The molecule has 16 nitrogen and oxygen atoms in total. The SMILES string of the molecule is CCC(C)C(NC(=O)C(CC(N)=O)NC(=O)C(CCC(=O)O)NC(=O)C(N)CCCN=C(N)N)C(=O)O. The number of aliphatic carboxylic acids is 2. The Kier molecular flexibility index (Phi) is 14.9. The van der Waals surface area contributed by atoms with E-state index in [9.17, 15) is 33.9 Å². The van der Waals surface area contributed by atoms with Crippen molar-refractivity contribution < 1.29 is 39.0 Å². The van der Waals surface area contributed by atoms with Crippen molar-refractivity contribution in [3.8, 4) is 0 Å². The first-order chi connectivity index (χ1) is 17.2. The third kappa shape index (κ3) is 13.6. The summed E-state index contributed by atoms with van der Waals surface area (Å²) < 4.78 is 0. The van der Waals surface area contributed by atoms with Gasteiger partial charge in [-0.15, -0.1) is 0 Å². The number of carboxylic acid groups (broad SMARTS) is 2. The Hall–Kier alpha value is -3.95. The van der Waals surface area contributed by atoms with Gasteiger partial charge in [0, 0.05) is 13.0 Å². The molecule has 0 aromatic rings. The molecule has 0 radical (unpaired) electrons. The Morgan fingerprint density at radius 2 is 1.43 bits per heavy atom.